The van der Waals surface area contributed by atoms with Crippen molar-refractivity contribution < 1.29 is 9.53 Å². The molecule has 1 aliphatic carbocycles. The van der Waals surface area contributed by atoms with Gasteiger partial charge in [-0.3, -0.25) is 9.79 Å². The van der Waals surface area contributed by atoms with Gasteiger partial charge in [-0.05, 0) is 25.7 Å². The summed E-state index contributed by atoms with van der Waals surface area (Å²) in [5.74, 6) is 2.15. The van der Waals surface area contributed by atoms with Crippen LogP contribution in [0.4, 0.5) is 0 Å². The van der Waals surface area contributed by atoms with Crippen LogP contribution in [0.3, 0.4) is 0 Å². The number of carbonyl (C=O) groups is 1. The maximum absolute atomic E-state index is 11.1. The standard InChI is InChI=1S/C18H33N3O2S.HI/c1-19-17(20-12-8-3-5-9-16(22)23-2)21-13-14-24-18(15-21)10-6-4-7-11-18;/h3-15H2,1-2H3,(H,19,20);1H. The largest absolute Gasteiger partial charge is 0.469 e. The molecule has 1 spiro atoms. The van der Waals surface area contributed by atoms with Gasteiger partial charge >= 0.3 is 5.97 Å². The number of carbonyl (C=O) groups excluding carboxylic acids is 1. The third-order valence-electron chi connectivity index (χ3n) is 5.09. The quantitative estimate of drug-likeness (QED) is 0.206. The number of nitrogens with zero attached hydrogens (tertiary/aromatic N) is 2. The molecule has 7 heteroatoms. The lowest BCUT2D eigenvalue weighted by Gasteiger charge is -2.45. The van der Waals surface area contributed by atoms with Crippen molar-refractivity contribution in [2.45, 2.75) is 62.5 Å². The Morgan fingerprint density at radius 2 is 2.00 bits per heavy atom. The molecule has 0 unspecified atom stereocenters. The zero-order valence-electron chi connectivity index (χ0n) is 15.7. The van der Waals surface area contributed by atoms with Gasteiger partial charge in [-0.15, -0.1) is 24.0 Å². The number of aliphatic imine (C=N–C) groups is 1. The average Bonchev–Trinajstić information content (AvgIpc) is 2.61. The lowest BCUT2D eigenvalue weighted by atomic mass is 9.87. The molecule has 146 valence electrons. The first-order valence-electron chi connectivity index (χ1n) is 9.35. The number of methoxy groups -OCH3 is 1. The second kappa shape index (κ2) is 12.3. The second-order valence-electron chi connectivity index (χ2n) is 6.87. The summed E-state index contributed by atoms with van der Waals surface area (Å²) in [6, 6.07) is 0. The van der Waals surface area contributed by atoms with Crippen molar-refractivity contribution in [2.24, 2.45) is 4.99 Å². The van der Waals surface area contributed by atoms with E-state index in [0.717, 1.165) is 44.9 Å². The number of halogens is 1. The normalized spacial score (nSPS) is 20.1. The van der Waals surface area contributed by atoms with E-state index in [4.69, 9.17) is 0 Å². The fourth-order valence-electron chi connectivity index (χ4n) is 3.73. The summed E-state index contributed by atoms with van der Waals surface area (Å²) in [6.45, 7) is 3.15. The maximum Gasteiger partial charge on any atom is 0.305 e. The lowest BCUT2D eigenvalue weighted by Crippen LogP contribution is -2.53. The third kappa shape index (κ3) is 7.53. The highest BCUT2D eigenvalue weighted by Crippen LogP contribution is 2.42. The summed E-state index contributed by atoms with van der Waals surface area (Å²) >= 11 is 2.19. The monoisotopic (exact) mass is 483 g/mol. The summed E-state index contributed by atoms with van der Waals surface area (Å²) in [5, 5.41) is 3.51. The molecular weight excluding hydrogens is 449 g/mol. The third-order valence-corrected chi connectivity index (χ3v) is 6.63. The highest BCUT2D eigenvalue weighted by molar-refractivity contribution is 14.0. The second-order valence-corrected chi connectivity index (χ2v) is 8.44. The minimum Gasteiger partial charge on any atom is -0.469 e. The fraction of sp³-hybridized carbons (Fsp3) is 0.889. The van der Waals surface area contributed by atoms with E-state index in [-0.39, 0.29) is 29.9 Å². The van der Waals surface area contributed by atoms with Gasteiger partial charge in [0.25, 0.3) is 0 Å². The van der Waals surface area contributed by atoms with Crippen LogP contribution in [-0.2, 0) is 9.53 Å². The molecule has 0 bridgehead atoms. The van der Waals surface area contributed by atoms with Gasteiger partial charge in [0.05, 0.1) is 7.11 Å². The summed E-state index contributed by atoms with van der Waals surface area (Å²) in [5.41, 5.74) is 0. The molecule has 5 nitrogen and oxygen atoms in total. The molecule has 0 aromatic carbocycles. The van der Waals surface area contributed by atoms with Crippen molar-refractivity contribution in [1.29, 1.82) is 0 Å². The number of hydrogen-bond donors (Lipinski definition) is 1. The fourth-order valence-corrected chi connectivity index (χ4v) is 5.30. The molecular formula is C18H34IN3O2S. The van der Waals surface area contributed by atoms with Crippen LogP contribution in [0.1, 0.15) is 57.8 Å². The van der Waals surface area contributed by atoms with Crippen molar-refractivity contribution in [1.82, 2.24) is 10.2 Å². The van der Waals surface area contributed by atoms with Crippen LogP contribution >= 0.6 is 35.7 Å². The number of ether oxygens (including phenoxy) is 1. The molecule has 1 heterocycles. The van der Waals surface area contributed by atoms with Gasteiger partial charge in [-0.2, -0.15) is 11.8 Å². The van der Waals surface area contributed by atoms with Gasteiger partial charge in [0.2, 0.25) is 0 Å². The maximum atomic E-state index is 11.1. The predicted molar refractivity (Wildman–Crippen MR) is 117 cm³/mol. The summed E-state index contributed by atoms with van der Waals surface area (Å²) in [7, 11) is 3.33. The molecule has 25 heavy (non-hydrogen) atoms. The number of rotatable bonds is 6. The predicted octanol–water partition coefficient (Wildman–Crippen LogP) is 3.66. The number of guanidine groups is 1. The molecule has 2 aliphatic rings. The Balaban J connectivity index is 0.00000312. The summed E-state index contributed by atoms with van der Waals surface area (Å²) in [6.07, 6.45) is 10.4. The summed E-state index contributed by atoms with van der Waals surface area (Å²) < 4.78 is 5.13. The van der Waals surface area contributed by atoms with Gasteiger partial charge in [0.15, 0.2) is 5.96 Å². The van der Waals surface area contributed by atoms with Crippen LogP contribution < -0.4 is 5.32 Å². The Hall–Kier alpha value is -0.180. The zero-order chi connectivity index (χ0) is 17.3. The van der Waals surface area contributed by atoms with Crippen molar-refractivity contribution >= 4 is 47.7 Å². The van der Waals surface area contributed by atoms with Gasteiger partial charge in [-0.1, -0.05) is 25.7 Å². The van der Waals surface area contributed by atoms with Gasteiger partial charge in [0.1, 0.15) is 0 Å². The van der Waals surface area contributed by atoms with Crippen LogP contribution in [0.15, 0.2) is 4.99 Å². The van der Waals surface area contributed by atoms with E-state index in [1.54, 1.807) is 0 Å². The molecule has 1 N–H and O–H groups in total. The smallest absolute Gasteiger partial charge is 0.305 e. The van der Waals surface area contributed by atoms with Crippen LogP contribution in [0.2, 0.25) is 0 Å². The van der Waals surface area contributed by atoms with E-state index in [2.05, 4.69) is 31.7 Å². The van der Waals surface area contributed by atoms with E-state index in [1.165, 1.54) is 45.0 Å². The van der Waals surface area contributed by atoms with Crippen molar-refractivity contribution in [3.63, 3.8) is 0 Å². The van der Waals surface area contributed by atoms with E-state index in [0.29, 0.717) is 11.2 Å². The first-order chi connectivity index (χ1) is 11.7. The topological polar surface area (TPSA) is 53.9 Å². The van der Waals surface area contributed by atoms with E-state index in [9.17, 15) is 4.79 Å². The lowest BCUT2D eigenvalue weighted by molar-refractivity contribution is -0.140. The van der Waals surface area contributed by atoms with Gasteiger partial charge < -0.3 is 15.0 Å². The van der Waals surface area contributed by atoms with E-state index >= 15 is 0 Å². The first-order valence-corrected chi connectivity index (χ1v) is 10.3. The molecule has 1 aliphatic heterocycles. The molecule has 2 fully saturated rings. The highest BCUT2D eigenvalue weighted by atomic mass is 127. The Kier molecular flexibility index (Phi) is 11.2. The van der Waals surface area contributed by atoms with Gasteiger partial charge in [-0.25, -0.2) is 0 Å². The Labute approximate surface area is 174 Å². The molecule has 0 amide bonds. The average molecular weight is 483 g/mol. The zero-order valence-corrected chi connectivity index (χ0v) is 18.9. The van der Waals surface area contributed by atoms with Gasteiger partial charge in [0, 0.05) is 43.6 Å². The van der Waals surface area contributed by atoms with E-state index < -0.39 is 0 Å². The van der Waals surface area contributed by atoms with Crippen LogP contribution in [-0.4, -0.2) is 61.1 Å². The molecule has 2 rings (SSSR count). The SMILES string of the molecule is CN=C(NCCCCCC(=O)OC)N1CCSC2(CCCCC2)C1.I. The van der Waals surface area contributed by atoms with Crippen LogP contribution in [0.25, 0.3) is 0 Å². The Morgan fingerprint density at radius 1 is 1.24 bits per heavy atom. The van der Waals surface area contributed by atoms with Crippen molar-refractivity contribution in [3.05, 3.63) is 0 Å². The summed E-state index contributed by atoms with van der Waals surface area (Å²) in [4.78, 5) is 18.0. The molecule has 0 aromatic heterocycles. The first kappa shape index (κ1) is 22.9. The highest BCUT2D eigenvalue weighted by Gasteiger charge is 2.38. The molecule has 1 saturated heterocycles. The Morgan fingerprint density at radius 3 is 2.68 bits per heavy atom. The minimum absolute atomic E-state index is 0. The number of thioether (sulfide) groups is 1. The Bertz CT molecular complexity index is 423. The van der Waals surface area contributed by atoms with Crippen molar-refractivity contribution in [3.8, 4) is 0 Å². The van der Waals surface area contributed by atoms with Crippen LogP contribution in [0.5, 0.6) is 0 Å². The molecule has 1 saturated carbocycles. The molecule has 0 aromatic rings. The number of hydrogen-bond acceptors (Lipinski definition) is 4. The number of nitrogens with one attached hydrogen (secondary N) is 1. The van der Waals surface area contributed by atoms with Crippen molar-refractivity contribution in [2.75, 3.05) is 39.5 Å². The molecule has 0 atom stereocenters. The minimum atomic E-state index is -0.109. The van der Waals surface area contributed by atoms with Crippen LogP contribution in [0, 0.1) is 0 Å². The number of unbranched alkanes of at least 4 members (excludes halogenated alkanes) is 2. The van der Waals surface area contributed by atoms with E-state index in [1.807, 2.05) is 7.05 Å². The number of esters is 1. The molecule has 0 radical (unpaired) electrons.